The number of aryl methyl sites for hydroxylation is 1. The number of anilines is 1. The minimum Gasteiger partial charge on any atom is -0.494 e. The van der Waals surface area contributed by atoms with Crippen LogP contribution in [0.3, 0.4) is 0 Å². The molecule has 0 aliphatic rings. The molecular weight excluding hydrogens is 514 g/mol. The topological polar surface area (TPSA) is 163 Å². The maximum atomic E-state index is 13.4. The number of aliphatic hydroxyl groups is 1. The summed E-state index contributed by atoms with van der Waals surface area (Å²) in [7, 11) is 0.175. The Morgan fingerprint density at radius 2 is 1.63 bits per heavy atom. The first kappa shape index (κ1) is 26.8. The minimum absolute atomic E-state index is 0.114. The van der Waals surface area contributed by atoms with Gasteiger partial charge in [-0.3, -0.25) is 19.3 Å². The van der Waals surface area contributed by atoms with E-state index in [0.29, 0.717) is 34.5 Å². The Hall–Kier alpha value is -4.30. The maximum absolute atomic E-state index is 13.4. The van der Waals surface area contributed by atoms with Crippen LogP contribution in [-0.2, 0) is 10.0 Å². The molecule has 2 N–H and O–H groups in total. The first-order valence-corrected chi connectivity index (χ1v) is 12.9. The van der Waals surface area contributed by atoms with Gasteiger partial charge in [-0.2, -0.15) is 0 Å². The number of pyridine rings is 1. The molecule has 13 nitrogen and oxygen atoms in total. The predicted molar refractivity (Wildman–Crippen MR) is 138 cm³/mol. The Labute approximate surface area is 219 Å². The van der Waals surface area contributed by atoms with Crippen molar-refractivity contribution < 1.29 is 27.7 Å². The summed E-state index contributed by atoms with van der Waals surface area (Å²) in [5.74, 6) is 1.04. The molecule has 0 spiro atoms. The van der Waals surface area contributed by atoms with Crippen LogP contribution in [0.15, 0.2) is 48.8 Å². The highest BCUT2D eigenvalue weighted by molar-refractivity contribution is 7.93. The fourth-order valence-corrected chi connectivity index (χ4v) is 4.67. The van der Waals surface area contributed by atoms with Crippen molar-refractivity contribution >= 4 is 16.0 Å². The Morgan fingerprint density at radius 3 is 2.24 bits per heavy atom. The second kappa shape index (κ2) is 11.0. The highest BCUT2D eigenvalue weighted by atomic mass is 32.2. The molecule has 14 heteroatoms. The first-order valence-electron chi connectivity index (χ1n) is 11.4. The number of methoxy groups -OCH3 is 3. The number of hydrogen-bond donors (Lipinski definition) is 2. The van der Waals surface area contributed by atoms with Gasteiger partial charge in [0.2, 0.25) is 21.9 Å². The van der Waals surface area contributed by atoms with Crippen LogP contribution in [0, 0.1) is 6.92 Å². The number of para-hydroxylation sites is 1. The molecule has 0 radical (unpaired) electrons. The number of benzene rings is 1. The van der Waals surface area contributed by atoms with E-state index < -0.39 is 21.4 Å². The summed E-state index contributed by atoms with van der Waals surface area (Å²) in [6.07, 6.45) is 1.32. The van der Waals surface area contributed by atoms with Crippen molar-refractivity contribution in [2.45, 2.75) is 25.2 Å². The molecule has 3 aromatic heterocycles. The lowest BCUT2D eigenvalue weighted by Crippen LogP contribution is -2.32. The van der Waals surface area contributed by atoms with E-state index in [9.17, 15) is 13.5 Å². The van der Waals surface area contributed by atoms with Gasteiger partial charge in [0, 0.05) is 12.3 Å². The van der Waals surface area contributed by atoms with Crippen LogP contribution in [0.25, 0.3) is 17.2 Å². The quantitative estimate of drug-likeness (QED) is 0.303. The van der Waals surface area contributed by atoms with Crippen molar-refractivity contribution in [2.75, 3.05) is 26.1 Å². The monoisotopic (exact) mass is 541 g/mol. The van der Waals surface area contributed by atoms with Gasteiger partial charge in [0.15, 0.2) is 5.82 Å². The fraction of sp³-hybridized carbons (Fsp3) is 0.292. The Morgan fingerprint density at radius 1 is 0.947 bits per heavy atom. The summed E-state index contributed by atoms with van der Waals surface area (Å²) in [4.78, 5) is 12.6. The van der Waals surface area contributed by atoms with Crippen molar-refractivity contribution in [3.63, 3.8) is 0 Å². The van der Waals surface area contributed by atoms with Crippen molar-refractivity contribution in [1.82, 2.24) is 29.7 Å². The average Bonchev–Trinajstić information content (AvgIpc) is 3.34. The first-order chi connectivity index (χ1) is 18.2. The molecule has 0 aliphatic carbocycles. The summed E-state index contributed by atoms with van der Waals surface area (Å²) < 4.78 is 47.1. The Bertz CT molecular complexity index is 1500. The van der Waals surface area contributed by atoms with Gasteiger partial charge in [0.1, 0.15) is 34.2 Å². The van der Waals surface area contributed by atoms with Crippen molar-refractivity contribution in [2.24, 2.45) is 0 Å². The summed E-state index contributed by atoms with van der Waals surface area (Å²) in [5, 5.41) is 17.8. The second-order valence-electron chi connectivity index (χ2n) is 8.14. The maximum Gasteiger partial charge on any atom is 0.243 e. The molecule has 200 valence electrons. The molecule has 2 atom stereocenters. The average molecular weight is 542 g/mol. The smallest absolute Gasteiger partial charge is 0.243 e. The number of ether oxygens (including phenoxy) is 3. The Kier molecular flexibility index (Phi) is 7.73. The van der Waals surface area contributed by atoms with Crippen LogP contribution >= 0.6 is 0 Å². The molecule has 4 aromatic rings. The number of rotatable bonds is 10. The van der Waals surface area contributed by atoms with Crippen LogP contribution in [0.5, 0.6) is 17.4 Å². The predicted octanol–water partition coefficient (Wildman–Crippen LogP) is 2.32. The molecule has 0 bridgehead atoms. The van der Waals surface area contributed by atoms with E-state index in [2.05, 4.69) is 29.9 Å². The molecule has 0 aliphatic heterocycles. The summed E-state index contributed by atoms with van der Waals surface area (Å²) in [6.45, 7) is 3.09. The molecule has 0 amide bonds. The molecule has 0 saturated carbocycles. The second-order valence-corrected chi connectivity index (χ2v) is 10.2. The zero-order valence-corrected chi connectivity index (χ0v) is 22.2. The van der Waals surface area contributed by atoms with Gasteiger partial charge < -0.3 is 19.3 Å². The molecule has 0 unspecified atom stereocenters. The van der Waals surface area contributed by atoms with E-state index in [1.165, 1.54) is 45.2 Å². The Balaban J connectivity index is 1.84. The van der Waals surface area contributed by atoms with E-state index in [0.717, 1.165) is 0 Å². The van der Waals surface area contributed by atoms with Crippen molar-refractivity contribution in [3.05, 3.63) is 60.2 Å². The number of sulfonamides is 1. The van der Waals surface area contributed by atoms with Gasteiger partial charge in [-0.05, 0) is 32.0 Å². The van der Waals surface area contributed by atoms with E-state index >= 15 is 0 Å². The zero-order chi connectivity index (χ0) is 27.4. The van der Waals surface area contributed by atoms with Crippen LogP contribution in [0.1, 0.15) is 24.4 Å². The van der Waals surface area contributed by atoms with Gasteiger partial charge in [0.25, 0.3) is 0 Å². The molecule has 0 saturated heterocycles. The third kappa shape index (κ3) is 5.21. The highest BCUT2D eigenvalue weighted by Gasteiger charge is 2.33. The van der Waals surface area contributed by atoms with E-state index in [1.54, 1.807) is 43.3 Å². The SMILES string of the molecule is COc1cccc(-c2nnc(NS(=O)(=O)[C@H](C)[C@H](O)c3cnc(C)cn3)n2-c2c(OC)cccc2OC)n1. The third-order valence-corrected chi connectivity index (χ3v) is 7.43. The largest absolute Gasteiger partial charge is 0.494 e. The van der Waals surface area contributed by atoms with E-state index in [1.807, 2.05) is 0 Å². The van der Waals surface area contributed by atoms with Crippen LogP contribution in [-0.4, -0.2) is 69.8 Å². The van der Waals surface area contributed by atoms with Gasteiger partial charge in [-0.25, -0.2) is 13.4 Å². The molecule has 1 aromatic carbocycles. The van der Waals surface area contributed by atoms with Crippen molar-refractivity contribution in [3.8, 4) is 34.6 Å². The number of aliphatic hydroxyl groups excluding tert-OH is 1. The van der Waals surface area contributed by atoms with Gasteiger partial charge in [-0.15, -0.1) is 10.2 Å². The number of hydrogen-bond acceptors (Lipinski definition) is 11. The molecule has 3 heterocycles. The molecule has 38 heavy (non-hydrogen) atoms. The third-order valence-electron chi connectivity index (χ3n) is 5.72. The number of nitrogens with one attached hydrogen (secondary N) is 1. The standard InChI is InChI=1S/C24H27N7O6S/c1-14-12-26-17(13-25-14)22(32)15(2)38(33,34)30-24-29-28-23(16-8-6-11-20(27-16)37-5)31(24)21-18(35-3)9-7-10-19(21)36-4/h6-13,15,22,32H,1-5H3,(H,29,30)/t15-,22+/m1/s1. The molecule has 0 fully saturated rings. The zero-order valence-electron chi connectivity index (χ0n) is 21.4. The lowest BCUT2D eigenvalue weighted by Gasteiger charge is -2.21. The van der Waals surface area contributed by atoms with Gasteiger partial charge >= 0.3 is 0 Å². The fourth-order valence-electron chi connectivity index (χ4n) is 3.62. The minimum atomic E-state index is -4.24. The summed E-state index contributed by atoms with van der Waals surface area (Å²) in [6, 6.07) is 10.1. The summed E-state index contributed by atoms with van der Waals surface area (Å²) >= 11 is 0. The lowest BCUT2D eigenvalue weighted by molar-refractivity contribution is 0.171. The van der Waals surface area contributed by atoms with Crippen LogP contribution in [0.2, 0.25) is 0 Å². The van der Waals surface area contributed by atoms with Crippen LogP contribution in [0.4, 0.5) is 5.95 Å². The van der Waals surface area contributed by atoms with Crippen LogP contribution < -0.4 is 18.9 Å². The molecule has 4 rings (SSSR count). The summed E-state index contributed by atoms with van der Waals surface area (Å²) in [5.41, 5.74) is 1.42. The number of nitrogens with zero attached hydrogens (tertiary/aromatic N) is 6. The molecular formula is C24H27N7O6S. The normalized spacial score (nSPS) is 13.0. The van der Waals surface area contributed by atoms with E-state index in [4.69, 9.17) is 14.2 Å². The van der Waals surface area contributed by atoms with Gasteiger partial charge in [0.05, 0.1) is 38.9 Å². The van der Waals surface area contributed by atoms with E-state index in [-0.39, 0.29) is 17.5 Å². The van der Waals surface area contributed by atoms with Crippen molar-refractivity contribution in [1.29, 1.82) is 0 Å². The van der Waals surface area contributed by atoms with Gasteiger partial charge in [-0.1, -0.05) is 12.1 Å². The number of aromatic nitrogens is 6. The highest BCUT2D eigenvalue weighted by Crippen LogP contribution is 2.38. The lowest BCUT2D eigenvalue weighted by atomic mass is 10.2.